The molecule has 88 valence electrons. The molecular formula is C13H19NO2. The van der Waals surface area contributed by atoms with Gasteiger partial charge in [0.15, 0.2) is 0 Å². The zero-order chi connectivity index (χ0) is 11.7. The van der Waals surface area contributed by atoms with E-state index in [-0.39, 0.29) is 0 Å². The molecule has 1 aromatic carbocycles. The Morgan fingerprint density at radius 1 is 1.44 bits per heavy atom. The maximum Gasteiger partial charge on any atom is 0.126 e. The van der Waals surface area contributed by atoms with Crippen molar-refractivity contribution < 1.29 is 9.84 Å². The van der Waals surface area contributed by atoms with E-state index in [9.17, 15) is 5.11 Å². The van der Waals surface area contributed by atoms with E-state index in [1.54, 1.807) is 14.0 Å². The SMILES string of the molecule is COc1cccc(N(C)C2CC2)c1C(C)O. The molecule has 0 radical (unpaired) electrons. The lowest BCUT2D eigenvalue weighted by molar-refractivity contribution is 0.194. The average molecular weight is 221 g/mol. The summed E-state index contributed by atoms with van der Waals surface area (Å²) in [5.74, 6) is 0.764. The molecule has 0 heterocycles. The van der Waals surface area contributed by atoms with Crippen molar-refractivity contribution >= 4 is 5.69 Å². The van der Waals surface area contributed by atoms with Crippen molar-refractivity contribution in [2.45, 2.75) is 31.9 Å². The van der Waals surface area contributed by atoms with Crippen LogP contribution in [0.4, 0.5) is 5.69 Å². The van der Waals surface area contributed by atoms with Gasteiger partial charge in [-0.2, -0.15) is 0 Å². The minimum atomic E-state index is -0.507. The summed E-state index contributed by atoms with van der Waals surface area (Å²) in [4.78, 5) is 2.24. The molecule has 1 aliphatic carbocycles. The van der Waals surface area contributed by atoms with Crippen LogP contribution in [0.25, 0.3) is 0 Å². The predicted octanol–water partition coefficient (Wildman–Crippen LogP) is 2.35. The molecule has 0 saturated heterocycles. The molecule has 1 aliphatic rings. The molecule has 0 bridgehead atoms. The van der Waals surface area contributed by atoms with E-state index in [4.69, 9.17) is 4.74 Å². The van der Waals surface area contributed by atoms with Crippen LogP contribution in [0.15, 0.2) is 18.2 Å². The van der Waals surface area contributed by atoms with Gasteiger partial charge in [-0.3, -0.25) is 0 Å². The lowest BCUT2D eigenvalue weighted by atomic mass is 10.1. The minimum Gasteiger partial charge on any atom is -0.496 e. The second kappa shape index (κ2) is 4.34. The highest BCUT2D eigenvalue weighted by molar-refractivity contribution is 5.61. The predicted molar refractivity (Wildman–Crippen MR) is 65.1 cm³/mol. The van der Waals surface area contributed by atoms with E-state index in [1.165, 1.54) is 12.8 Å². The molecule has 3 heteroatoms. The number of aliphatic hydroxyl groups excluding tert-OH is 1. The number of ether oxygens (including phenoxy) is 1. The molecule has 1 fully saturated rings. The maximum absolute atomic E-state index is 9.86. The molecule has 16 heavy (non-hydrogen) atoms. The molecule has 0 aliphatic heterocycles. The van der Waals surface area contributed by atoms with E-state index < -0.39 is 6.10 Å². The topological polar surface area (TPSA) is 32.7 Å². The third-order valence-corrected chi connectivity index (χ3v) is 3.16. The monoisotopic (exact) mass is 221 g/mol. The summed E-state index contributed by atoms with van der Waals surface area (Å²) < 4.78 is 5.31. The summed E-state index contributed by atoms with van der Waals surface area (Å²) in [7, 11) is 3.72. The van der Waals surface area contributed by atoms with Crippen molar-refractivity contribution in [3.05, 3.63) is 23.8 Å². The second-order valence-electron chi connectivity index (χ2n) is 4.41. The van der Waals surface area contributed by atoms with Crippen molar-refractivity contribution in [2.75, 3.05) is 19.1 Å². The summed E-state index contributed by atoms with van der Waals surface area (Å²) >= 11 is 0. The normalized spacial score (nSPS) is 17.0. The summed E-state index contributed by atoms with van der Waals surface area (Å²) in [5.41, 5.74) is 1.97. The highest BCUT2D eigenvalue weighted by atomic mass is 16.5. The molecule has 1 saturated carbocycles. The van der Waals surface area contributed by atoms with E-state index in [0.29, 0.717) is 6.04 Å². The summed E-state index contributed by atoms with van der Waals surface area (Å²) in [6.07, 6.45) is 1.98. The Morgan fingerprint density at radius 2 is 2.12 bits per heavy atom. The van der Waals surface area contributed by atoms with Gasteiger partial charge in [-0.05, 0) is 31.9 Å². The van der Waals surface area contributed by atoms with Gasteiger partial charge in [0.25, 0.3) is 0 Å². The van der Waals surface area contributed by atoms with E-state index in [1.807, 2.05) is 18.2 Å². The maximum atomic E-state index is 9.86. The van der Waals surface area contributed by atoms with Crippen LogP contribution in [0.3, 0.4) is 0 Å². The lowest BCUT2D eigenvalue weighted by Gasteiger charge is -2.24. The smallest absolute Gasteiger partial charge is 0.126 e. The standard InChI is InChI=1S/C13H19NO2/c1-9(15)13-11(14(2)10-7-8-10)5-4-6-12(13)16-3/h4-6,9-10,15H,7-8H2,1-3H3. The van der Waals surface area contributed by atoms with E-state index in [0.717, 1.165) is 17.0 Å². The van der Waals surface area contributed by atoms with Gasteiger partial charge in [0.2, 0.25) is 0 Å². The van der Waals surface area contributed by atoms with Crippen molar-refractivity contribution in [1.29, 1.82) is 0 Å². The Hall–Kier alpha value is -1.22. The van der Waals surface area contributed by atoms with Gasteiger partial charge < -0.3 is 14.7 Å². The van der Waals surface area contributed by atoms with Crippen LogP contribution >= 0.6 is 0 Å². The zero-order valence-corrected chi connectivity index (χ0v) is 10.1. The first kappa shape index (κ1) is 11.3. The van der Waals surface area contributed by atoms with Gasteiger partial charge in [-0.15, -0.1) is 0 Å². The number of nitrogens with zero attached hydrogens (tertiary/aromatic N) is 1. The Balaban J connectivity index is 2.41. The molecule has 0 amide bonds. The highest BCUT2D eigenvalue weighted by Crippen LogP contribution is 2.38. The van der Waals surface area contributed by atoms with Crippen molar-refractivity contribution in [3.63, 3.8) is 0 Å². The van der Waals surface area contributed by atoms with E-state index >= 15 is 0 Å². The average Bonchev–Trinajstić information content (AvgIpc) is 3.10. The van der Waals surface area contributed by atoms with Crippen LogP contribution in [0.1, 0.15) is 31.4 Å². The van der Waals surface area contributed by atoms with Gasteiger partial charge in [-0.25, -0.2) is 0 Å². The number of anilines is 1. The fourth-order valence-electron chi connectivity index (χ4n) is 2.10. The van der Waals surface area contributed by atoms with Gasteiger partial charge in [0, 0.05) is 24.3 Å². The number of hydrogen-bond acceptors (Lipinski definition) is 3. The first-order valence-corrected chi connectivity index (χ1v) is 5.73. The largest absolute Gasteiger partial charge is 0.496 e. The van der Waals surface area contributed by atoms with Crippen LogP contribution in [0.2, 0.25) is 0 Å². The fourth-order valence-corrected chi connectivity index (χ4v) is 2.10. The quantitative estimate of drug-likeness (QED) is 0.847. The zero-order valence-electron chi connectivity index (χ0n) is 10.1. The minimum absolute atomic E-state index is 0.507. The summed E-state index contributed by atoms with van der Waals surface area (Å²) in [6, 6.07) is 6.54. The van der Waals surface area contributed by atoms with Crippen LogP contribution in [0.5, 0.6) is 5.75 Å². The highest BCUT2D eigenvalue weighted by Gasteiger charge is 2.29. The second-order valence-corrected chi connectivity index (χ2v) is 4.41. The number of methoxy groups -OCH3 is 1. The third kappa shape index (κ3) is 2.00. The van der Waals surface area contributed by atoms with Gasteiger partial charge in [0.05, 0.1) is 13.2 Å². The molecule has 1 aromatic rings. The first-order valence-electron chi connectivity index (χ1n) is 5.73. The lowest BCUT2D eigenvalue weighted by Crippen LogP contribution is -2.21. The summed E-state index contributed by atoms with van der Waals surface area (Å²) in [5, 5.41) is 9.86. The van der Waals surface area contributed by atoms with Crippen molar-refractivity contribution in [1.82, 2.24) is 0 Å². The molecule has 0 aromatic heterocycles. The molecule has 1 N–H and O–H groups in total. The number of rotatable bonds is 4. The van der Waals surface area contributed by atoms with Gasteiger partial charge in [-0.1, -0.05) is 6.07 Å². The third-order valence-electron chi connectivity index (χ3n) is 3.16. The molecule has 2 rings (SSSR count). The van der Waals surface area contributed by atoms with Crippen molar-refractivity contribution in [2.24, 2.45) is 0 Å². The van der Waals surface area contributed by atoms with E-state index in [2.05, 4.69) is 11.9 Å². The number of benzene rings is 1. The van der Waals surface area contributed by atoms with Gasteiger partial charge in [0.1, 0.15) is 5.75 Å². The molecule has 0 spiro atoms. The Morgan fingerprint density at radius 3 is 2.62 bits per heavy atom. The molecule has 1 unspecified atom stereocenters. The Bertz CT molecular complexity index is 372. The molecule has 1 atom stereocenters. The number of hydrogen-bond donors (Lipinski definition) is 1. The van der Waals surface area contributed by atoms with Crippen LogP contribution in [-0.2, 0) is 0 Å². The van der Waals surface area contributed by atoms with Gasteiger partial charge >= 0.3 is 0 Å². The van der Waals surface area contributed by atoms with Crippen LogP contribution in [-0.4, -0.2) is 25.3 Å². The Kier molecular flexibility index (Phi) is 3.06. The number of aliphatic hydroxyl groups is 1. The fraction of sp³-hybridized carbons (Fsp3) is 0.538. The summed E-state index contributed by atoms with van der Waals surface area (Å²) in [6.45, 7) is 1.78. The Labute approximate surface area is 96.6 Å². The molecule has 3 nitrogen and oxygen atoms in total. The van der Waals surface area contributed by atoms with Crippen molar-refractivity contribution in [3.8, 4) is 5.75 Å². The van der Waals surface area contributed by atoms with Crippen LogP contribution in [0, 0.1) is 0 Å². The van der Waals surface area contributed by atoms with Crippen LogP contribution < -0.4 is 9.64 Å². The first-order chi connectivity index (χ1) is 7.65. The molecular weight excluding hydrogens is 202 g/mol.